The maximum Gasteiger partial charge on any atom is 0.494 e. The minimum absolute atomic E-state index is 0.487. The van der Waals surface area contributed by atoms with E-state index in [1.807, 2.05) is 18.2 Å². The third kappa shape index (κ3) is 7.65. The van der Waals surface area contributed by atoms with Crippen LogP contribution in [0.15, 0.2) is 177 Å². The second-order valence-electron chi connectivity index (χ2n) is 15.8. The van der Waals surface area contributed by atoms with E-state index >= 15 is 0 Å². The monoisotopic (exact) mass is 738 g/mol. The Bertz CT molecular complexity index is 2510. The summed E-state index contributed by atoms with van der Waals surface area (Å²) in [6.45, 7) is 20.3. The van der Waals surface area contributed by atoms with Gasteiger partial charge in [0.1, 0.15) is 0 Å². The fourth-order valence-corrected chi connectivity index (χ4v) is 7.48. The largest absolute Gasteiger partial charge is 0.494 e. The average molecular weight is 739 g/mol. The summed E-state index contributed by atoms with van der Waals surface area (Å²) in [5.74, 6) is 0. The van der Waals surface area contributed by atoms with Gasteiger partial charge in [-0.15, -0.1) is 0 Å². The maximum absolute atomic E-state index is 6.71. The van der Waals surface area contributed by atoms with Gasteiger partial charge in [0, 0.05) is 0 Å². The van der Waals surface area contributed by atoms with Crippen LogP contribution in [0.25, 0.3) is 85.0 Å². The molecule has 0 radical (unpaired) electrons. The van der Waals surface area contributed by atoms with Gasteiger partial charge in [-0.1, -0.05) is 165 Å². The Morgan fingerprint density at radius 1 is 0.368 bits per heavy atom. The van der Waals surface area contributed by atoms with Gasteiger partial charge in [-0.3, -0.25) is 0 Å². The Morgan fingerprint density at radius 3 is 1.19 bits per heavy atom. The summed E-state index contributed by atoms with van der Waals surface area (Å²) >= 11 is 0. The zero-order chi connectivity index (χ0) is 39.7. The minimum atomic E-state index is -0.537. The van der Waals surface area contributed by atoms with Gasteiger partial charge >= 0.3 is 7.12 Å². The molecular formula is C54H47BO2. The van der Waals surface area contributed by atoms with Crippen LogP contribution >= 0.6 is 0 Å². The quantitative estimate of drug-likeness (QED) is 0.130. The van der Waals surface area contributed by atoms with Crippen LogP contribution in [0.5, 0.6) is 0 Å². The summed E-state index contributed by atoms with van der Waals surface area (Å²) in [6, 6.07) is 56.8. The Kier molecular flexibility index (Phi) is 10.1. The van der Waals surface area contributed by atoms with Crippen molar-refractivity contribution in [3.63, 3.8) is 0 Å². The Morgan fingerprint density at radius 2 is 0.737 bits per heavy atom. The summed E-state index contributed by atoms with van der Waals surface area (Å²) in [7, 11) is -0.537. The highest BCUT2D eigenvalue weighted by Gasteiger charge is 2.51. The lowest BCUT2D eigenvalue weighted by molar-refractivity contribution is 0.00578. The van der Waals surface area contributed by atoms with E-state index in [1.165, 1.54) is 5.56 Å². The first kappa shape index (κ1) is 37.7. The van der Waals surface area contributed by atoms with Crippen molar-refractivity contribution in [2.24, 2.45) is 0 Å². The first-order valence-corrected chi connectivity index (χ1v) is 19.6. The Labute approximate surface area is 338 Å². The van der Waals surface area contributed by atoms with Crippen LogP contribution in [0.1, 0.15) is 44.4 Å². The minimum Gasteiger partial charge on any atom is -0.399 e. The molecule has 1 saturated heterocycles. The molecule has 0 aromatic heterocycles. The zero-order valence-electron chi connectivity index (χ0n) is 33.3. The predicted octanol–water partition coefficient (Wildman–Crippen LogP) is 13.9. The van der Waals surface area contributed by atoms with Crippen LogP contribution in [-0.2, 0) is 9.31 Å². The molecule has 7 aromatic rings. The van der Waals surface area contributed by atoms with Crippen LogP contribution in [0.4, 0.5) is 0 Å². The molecule has 1 aliphatic rings. The van der Waals surface area contributed by atoms with Crippen LogP contribution in [0, 0.1) is 0 Å². The average Bonchev–Trinajstić information content (AvgIpc) is 3.49. The van der Waals surface area contributed by atoms with Crippen LogP contribution in [0.2, 0.25) is 0 Å². The summed E-state index contributed by atoms with van der Waals surface area (Å²) in [6.07, 6.45) is 5.64. The summed E-state index contributed by atoms with van der Waals surface area (Å²) in [5.41, 5.74) is 16.8. The number of hydrogen-bond acceptors (Lipinski definition) is 2. The lowest BCUT2D eigenvalue weighted by atomic mass is 9.76. The normalized spacial score (nSPS) is 14.3. The van der Waals surface area contributed by atoms with Crippen LogP contribution in [-0.4, -0.2) is 18.3 Å². The van der Waals surface area contributed by atoms with Crippen molar-refractivity contribution >= 4 is 30.8 Å². The molecule has 57 heavy (non-hydrogen) atoms. The lowest BCUT2D eigenvalue weighted by Crippen LogP contribution is -2.41. The van der Waals surface area contributed by atoms with Crippen molar-refractivity contribution in [3.05, 3.63) is 194 Å². The molecule has 0 unspecified atom stereocenters. The van der Waals surface area contributed by atoms with Gasteiger partial charge in [0.2, 0.25) is 0 Å². The highest BCUT2D eigenvalue weighted by molar-refractivity contribution is 6.62. The van der Waals surface area contributed by atoms with Crippen molar-refractivity contribution in [1.82, 2.24) is 0 Å². The van der Waals surface area contributed by atoms with Crippen molar-refractivity contribution in [3.8, 4) is 66.8 Å². The molecule has 278 valence electrons. The molecule has 7 aromatic carbocycles. The van der Waals surface area contributed by atoms with E-state index in [0.717, 1.165) is 83.4 Å². The molecule has 0 N–H and O–H groups in total. The van der Waals surface area contributed by atoms with Crippen LogP contribution in [0.3, 0.4) is 0 Å². The van der Waals surface area contributed by atoms with Crippen molar-refractivity contribution in [2.75, 3.05) is 0 Å². The van der Waals surface area contributed by atoms with Gasteiger partial charge in [0.05, 0.1) is 11.2 Å². The molecule has 0 saturated carbocycles. The smallest absolute Gasteiger partial charge is 0.399 e. The summed E-state index contributed by atoms with van der Waals surface area (Å²) < 4.78 is 13.4. The standard InChI is InChI=1S/C54H47BO2/c1-8-37-16-22-40(23-17-37)45-30-46(41-24-18-38(9-2)19-25-41)32-47(31-45)49-33-48(34-50(35-49)55-56-53(4,5)54(6,7)57-55)44-28-29-51(43-26-20-39(10-3)21-27-43)52(36-44)42-14-12-11-13-15-42/h8-36H,1-3H2,4-7H3. The predicted molar refractivity (Wildman–Crippen MR) is 245 cm³/mol. The lowest BCUT2D eigenvalue weighted by Gasteiger charge is -2.32. The summed E-state index contributed by atoms with van der Waals surface area (Å²) in [4.78, 5) is 0. The zero-order valence-corrected chi connectivity index (χ0v) is 33.3. The molecule has 1 aliphatic heterocycles. The van der Waals surface area contributed by atoms with Gasteiger partial charge in [0.15, 0.2) is 0 Å². The van der Waals surface area contributed by atoms with E-state index in [1.54, 1.807) is 0 Å². The Balaban J connectivity index is 1.33. The first-order chi connectivity index (χ1) is 27.5. The fourth-order valence-electron chi connectivity index (χ4n) is 7.48. The van der Waals surface area contributed by atoms with E-state index in [0.29, 0.717) is 0 Å². The number of hydrogen-bond donors (Lipinski definition) is 0. The van der Waals surface area contributed by atoms with Gasteiger partial charge in [0.25, 0.3) is 0 Å². The molecular weight excluding hydrogens is 691 g/mol. The molecule has 0 atom stereocenters. The van der Waals surface area contributed by atoms with E-state index in [-0.39, 0.29) is 0 Å². The van der Waals surface area contributed by atoms with Gasteiger partial charge in [-0.2, -0.15) is 0 Å². The molecule has 0 amide bonds. The molecule has 0 bridgehead atoms. The second-order valence-corrected chi connectivity index (χ2v) is 15.8. The van der Waals surface area contributed by atoms with Crippen molar-refractivity contribution < 1.29 is 9.31 Å². The molecule has 1 heterocycles. The molecule has 2 nitrogen and oxygen atoms in total. The van der Waals surface area contributed by atoms with E-state index < -0.39 is 18.3 Å². The Hall–Kier alpha value is -6.26. The highest BCUT2D eigenvalue weighted by atomic mass is 16.7. The summed E-state index contributed by atoms with van der Waals surface area (Å²) in [5, 5.41) is 0. The molecule has 0 spiro atoms. The maximum atomic E-state index is 6.71. The number of benzene rings is 7. The van der Waals surface area contributed by atoms with Gasteiger partial charge in [-0.05, 0) is 147 Å². The van der Waals surface area contributed by atoms with Crippen molar-refractivity contribution in [1.29, 1.82) is 0 Å². The SMILES string of the molecule is C=Cc1ccc(-c2cc(-c3ccc(C=C)cc3)cc(-c3cc(B4OC(C)(C)C(C)(C)O4)cc(-c4ccc(-c5ccc(C=C)cc5)c(-c5ccccc5)c4)c3)c2)cc1. The van der Waals surface area contributed by atoms with Gasteiger partial charge in [-0.25, -0.2) is 0 Å². The van der Waals surface area contributed by atoms with E-state index in [9.17, 15) is 0 Å². The van der Waals surface area contributed by atoms with Crippen LogP contribution < -0.4 is 5.46 Å². The van der Waals surface area contributed by atoms with Crippen molar-refractivity contribution in [2.45, 2.75) is 38.9 Å². The fraction of sp³-hybridized carbons (Fsp3) is 0.111. The van der Waals surface area contributed by atoms with Gasteiger partial charge < -0.3 is 9.31 Å². The third-order valence-electron chi connectivity index (χ3n) is 11.6. The highest BCUT2D eigenvalue weighted by Crippen LogP contribution is 2.40. The van der Waals surface area contributed by atoms with E-state index in [2.05, 4.69) is 205 Å². The third-order valence-corrected chi connectivity index (χ3v) is 11.6. The molecule has 1 fully saturated rings. The number of rotatable bonds is 10. The molecule has 8 rings (SSSR count). The molecule has 3 heteroatoms. The topological polar surface area (TPSA) is 18.5 Å². The van der Waals surface area contributed by atoms with E-state index in [4.69, 9.17) is 9.31 Å². The molecule has 0 aliphatic carbocycles. The first-order valence-electron chi connectivity index (χ1n) is 19.6. The second kappa shape index (κ2) is 15.4.